The molecule has 278 valence electrons. The molecule has 0 fully saturated rings. The van der Waals surface area contributed by atoms with Crippen molar-refractivity contribution < 1.29 is 4.74 Å². The molecule has 0 atom stereocenters. The van der Waals surface area contributed by atoms with E-state index in [1.165, 1.54) is 42.6 Å². The molecule has 1 aliphatic rings. The van der Waals surface area contributed by atoms with Crippen LogP contribution in [0.15, 0.2) is 188 Å². The molecule has 5 nitrogen and oxygen atoms in total. The number of pyridine rings is 1. The molecule has 0 N–H and O–H groups in total. The molecule has 1 aliphatic heterocycles. The lowest BCUT2D eigenvalue weighted by Gasteiger charge is -2.35. The van der Waals surface area contributed by atoms with Crippen LogP contribution < -0.4 is 25.5 Å². The summed E-state index contributed by atoms with van der Waals surface area (Å²) in [6, 6.07) is 66.2. The van der Waals surface area contributed by atoms with E-state index in [2.05, 4.69) is 206 Å². The van der Waals surface area contributed by atoms with Crippen LogP contribution in [0.3, 0.4) is 0 Å². The molecule has 0 saturated carbocycles. The normalized spacial score (nSPS) is 13.4. The van der Waals surface area contributed by atoms with Crippen LogP contribution in [-0.4, -0.2) is 27.2 Å². The Morgan fingerprint density at radius 1 is 0.517 bits per heavy atom. The highest BCUT2D eigenvalue weighted by Gasteiger charge is 2.42. The number of nitrogens with zero attached hydrogens (tertiary/aromatic N) is 4. The van der Waals surface area contributed by atoms with Gasteiger partial charge in [0.25, 0.3) is 0 Å². The highest BCUT2D eigenvalue weighted by molar-refractivity contribution is 7.20. The molecule has 4 heterocycles. The molecular formula is C52H40N4OSi. The third kappa shape index (κ3) is 5.01. The van der Waals surface area contributed by atoms with Crippen LogP contribution in [0.1, 0.15) is 25.0 Å². The first-order valence-corrected chi connectivity index (χ1v) is 21.9. The van der Waals surface area contributed by atoms with Gasteiger partial charge in [0.05, 0.1) is 22.1 Å². The van der Waals surface area contributed by atoms with Gasteiger partial charge in [0.15, 0.2) is 8.07 Å². The number of rotatable bonds is 6. The van der Waals surface area contributed by atoms with Crippen molar-refractivity contribution in [2.24, 2.45) is 7.05 Å². The van der Waals surface area contributed by atoms with Crippen molar-refractivity contribution >= 4 is 61.7 Å². The molecule has 10 aromatic rings. The Kier molecular flexibility index (Phi) is 7.68. The van der Waals surface area contributed by atoms with E-state index >= 15 is 0 Å². The summed E-state index contributed by atoms with van der Waals surface area (Å²) in [5.74, 6) is 3.61. The fourth-order valence-electron chi connectivity index (χ4n) is 9.59. The van der Waals surface area contributed by atoms with E-state index in [1.807, 2.05) is 12.3 Å². The lowest BCUT2D eigenvalue weighted by Crippen LogP contribution is -2.74. The Balaban J connectivity index is 1.22. The van der Waals surface area contributed by atoms with Gasteiger partial charge in [0.2, 0.25) is 0 Å². The van der Waals surface area contributed by atoms with E-state index in [1.54, 1.807) is 0 Å². The molecule has 0 amide bonds. The van der Waals surface area contributed by atoms with Crippen molar-refractivity contribution in [2.75, 3.05) is 0 Å². The van der Waals surface area contributed by atoms with E-state index < -0.39 is 8.07 Å². The third-order valence-electron chi connectivity index (χ3n) is 12.4. The predicted octanol–water partition coefficient (Wildman–Crippen LogP) is 9.54. The maximum Gasteiger partial charge on any atom is 0.179 e. The number of hydrogen-bond donors (Lipinski definition) is 0. The van der Waals surface area contributed by atoms with Crippen molar-refractivity contribution in [2.45, 2.75) is 19.3 Å². The smallest absolute Gasteiger partial charge is 0.179 e. The lowest BCUT2D eigenvalue weighted by molar-refractivity contribution is 0.419. The van der Waals surface area contributed by atoms with Crippen LogP contribution in [0.25, 0.3) is 50.0 Å². The number of fused-ring (bicyclic) bond motifs is 6. The van der Waals surface area contributed by atoms with Crippen molar-refractivity contribution in [3.63, 3.8) is 0 Å². The average Bonchev–Trinajstić information content (AvgIpc) is 3.78. The third-order valence-corrected chi connectivity index (χ3v) is 17.1. The number of aryl methyl sites for hydroxylation is 1. The van der Waals surface area contributed by atoms with Crippen LogP contribution in [0.4, 0.5) is 0 Å². The first-order chi connectivity index (χ1) is 28.4. The molecule has 11 rings (SSSR count). The van der Waals surface area contributed by atoms with Gasteiger partial charge >= 0.3 is 0 Å². The number of hydrogen-bond acceptors (Lipinski definition) is 3. The SMILES string of the molecule is Cn1c(-c2cccc([Si](c3ccccc3)(c3ccccc3)c3ccc4c5cc6c(cc5n(-c5ccccn5)c4c3)Oc3ccccc3C6(C)C)c2)nc2ccccc21. The van der Waals surface area contributed by atoms with Gasteiger partial charge in [-0.1, -0.05) is 147 Å². The minimum Gasteiger partial charge on any atom is -0.457 e. The molecule has 7 aromatic carbocycles. The molecular weight excluding hydrogens is 725 g/mol. The summed E-state index contributed by atoms with van der Waals surface area (Å²) in [5, 5.41) is 7.56. The minimum atomic E-state index is -3.00. The van der Waals surface area contributed by atoms with E-state index in [0.717, 1.165) is 50.8 Å². The molecule has 58 heavy (non-hydrogen) atoms. The number of imidazole rings is 1. The molecule has 0 radical (unpaired) electrons. The lowest BCUT2D eigenvalue weighted by atomic mass is 9.75. The van der Waals surface area contributed by atoms with Gasteiger partial charge < -0.3 is 9.30 Å². The zero-order valence-corrected chi connectivity index (χ0v) is 33.6. The van der Waals surface area contributed by atoms with Gasteiger partial charge in [-0.05, 0) is 63.2 Å². The summed E-state index contributed by atoms with van der Waals surface area (Å²) < 4.78 is 11.2. The van der Waals surface area contributed by atoms with Crippen LogP contribution in [0.2, 0.25) is 0 Å². The monoisotopic (exact) mass is 764 g/mol. The molecule has 0 saturated heterocycles. The first kappa shape index (κ1) is 34.2. The topological polar surface area (TPSA) is 44.9 Å². The number of ether oxygens (including phenoxy) is 1. The Morgan fingerprint density at radius 3 is 1.95 bits per heavy atom. The first-order valence-electron chi connectivity index (χ1n) is 19.9. The Morgan fingerprint density at radius 2 is 1.19 bits per heavy atom. The van der Waals surface area contributed by atoms with Gasteiger partial charge in [-0.25, -0.2) is 9.97 Å². The zero-order valence-electron chi connectivity index (χ0n) is 32.6. The van der Waals surface area contributed by atoms with Gasteiger partial charge in [-0.15, -0.1) is 0 Å². The van der Waals surface area contributed by atoms with Crippen molar-refractivity contribution in [1.82, 2.24) is 19.1 Å². The molecule has 3 aromatic heterocycles. The second-order valence-electron chi connectivity index (χ2n) is 15.9. The summed E-state index contributed by atoms with van der Waals surface area (Å²) in [5.41, 5.74) is 7.51. The van der Waals surface area contributed by atoms with Gasteiger partial charge in [0, 0.05) is 52.2 Å². The Bertz CT molecular complexity index is 3150. The largest absolute Gasteiger partial charge is 0.457 e. The number of benzene rings is 7. The summed E-state index contributed by atoms with van der Waals surface area (Å²) in [6.07, 6.45) is 1.88. The predicted molar refractivity (Wildman–Crippen MR) is 241 cm³/mol. The highest BCUT2D eigenvalue weighted by Crippen LogP contribution is 2.50. The maximum absolute atomic E-state index is 6.70. The standard InChI is InChI=1S/C52H40N4OSi/c1-52(2)42-23-10-13-26-48(42)57-49-34-47-41(33-43(49)52)40-29-28-39(32-46(40)56(47)50-27-14-15-30-53-50)58(36-18-6-4-7-19-36,37-20-8-5-9-21-37)38-22-16-17-35(31-38)51-54-44-24-11-12-25-45(44)55(51)3/h4-34H,1-3H3. The van der Waals surface area contributed by atoms with Crippen molar-refractivity contribution in [3.8, 4) is 28.7 Å². The summed E-state index contributed by atoms with van der Waals surface area (Å²) in [6.45, 7) is 4.60. The van der Waals surface area contributed by atoms with E-state index in [-0.39, 0.29) is 5.41 Å². The molecule has 0 spiro atoms. The quantitative estimate of drug-likeness (QED) is 0.125. The molecule has 0 aliphatic carbocycles. The van der Waals surface area contributed by atoms with Gasteiger partial charge in [-0.3, -0.25) is 4.57 Å². The maximum atomic E-state index is 6.70. The molecule has 6 heteroatoms. The van der Waals surface area contributed by atoms with E-state index in [9.17, 15) is 0 Å². The molecule has 0 unspecified atom stereocenters. The summed E-state index contributed by atoms with van der Waals surface area (Å²) in [4.78, 5) is 10.1. The van der Waals surface area contributed by atoms with Crippen LogP contribution in [0, 0.1) is 0 Å². The zero-order chi connectivity index (χ0) is 39.0. The van der Waals surface area contributed by atoms with Crippen LogP contribution in [-0.2, 0) is 12.5 Å². The van der Waals surface area contributed by atoms with Crippen molar-refractivity contribution in [3.05, 3.63) is 199 Å². The van der Waals surface area contributed by atoms with Gasteiger partial charge in [0.1, 0.15) is 23.1 Å². The summed E-state index contributed by atoms with van der Waals surface area (Å²) >= 11 is 0. The Labute approximate surface area is 338 Å². The Hall–Kier alpha value is -7.02. The number of para-hydroxylation sites is 3. The van der Waals surface area contributed by atoms with E-state index in [0.29, 0.717) is 0 Å². The minimum absolute atomic E-state index is 0.246. The van der Waals surface area contributed by atoms with Gasteiger partial charge in [-0.2, -0.15) is 0 Å². The fraction of sp³-hybridized carbons (Fsp3) is 0.0769. The highest BCUT2D eigenvalue weighted by atomic mass is 28.3. The van der Waals surface area contributed by atoms with Crippen LogP contribution >= 0.6 is 0 Å². The molecule has 0 bridgehead atoms. The summed E-state index contributed by atoms with van der Waals surface area (Å²) in [7, 11) is -0.883. The average molecular weight is 765 g/mol. The second-order valence-corrected chi connectivity index (χ2v) is 19.7. The van der Waals surface area contributed by atoms with Crippen molar-refractivity contribution in [1.29, 1.82) is 0 Å². The number of aromatic nitrogens is 4. The fourth-order valence-corrected chi connectivity index (χ4v) is 14.4. The van der Waals surface area contributed by atoms with Crippen LogP contribution in [0.5, 0.6) is 11.5 Å². The second kappa shape index (κ2) is 13.0. The van der Waals surface area contributed by atoms with E-state index in [4.69, 9.17) is 14.7 Å².